The molecule has 0 bridgehead atoms. The molecule has 0 saturated heterocycles. The van der Waals surface area contributed by atoms with E-state index in [0.717, 1.165) is 29.4 Å². The number of benzene rings is 1. The van der Waals surface area contributed by atoms with Crippen molar-refractivity contribution in [3.05, 3.63) is 35.5 Å². The molecule has 110 valence electrons. The molecule has 2 aromatic rings. The Balaban J connectivity index is 2.29. The highest BCUT2D eigenvalue weighted by Crippen LogP contribution is 2.21. The van der Waals surface area contributed by atoms with Gasteiger partial charge in [0.25, 0.3) is 0 Å². The number of nitrogens with zero attached hydrogens (tertiary/aromatic N) is 1. The summed E-state index contributed by atoms with van der Waals surface area (Å²) in [5.41, 5.74) is 3.17. The van der Waals surface area contributed by atoms with E-state index < -0.39 is 10.0 Å². The van der Waals surface area contributed by atoms with Crippen LogP contribution in [0.1, 0.15) is 11.1 Å². The second kappa shape index (κ2) is 5.95. The number of fused-ring (bicyclic) bond motifs is 1. The van der Waals surface area contributed by atoms with E-state index in [0.29, 0.717) is 0 Å². The maximum atomic E-state index is 11.7. The Morgan fingerprint density at radius 3 is 2.80 bits per heavy atom. The molecule has 1 aromatic carbocycles. The highest BCUT2D eigenvalue weighted by Gasteiger charge is 2.15. The Bertz CT molecular complexity index is 690. The Hall–Kier alpha value is -1.37. The monoisotopic (exact) mass is 296 g/mol. The van der Waals surface area contributed by atoms with Gasteiger partial charge in [0.15, 0.2) is 0 Å². The molecule has 0 radical (unpaired) electrons. The lowest BCUT2D eigenvalue weighted by Gasteiger charge is -2.08. The number of likely N-dealkylation sites (N-methyl/N-ethyl adjacent to an activating group) is 1. The molecule has 2 rings (SSSR count). The normalized spacial score (nSPS) is 14.8. The zero-order valence-electron chi connectivity index (χ0n) is 12.1. The summed E-state index contributed by atoms with van der Waals surface area (Å²) in [7, 11) is 2.62. The number of H-pyrrole nitrogens is 1. The SMILES string of the molecule is CNS(=O)(=[OH+])Cc1ccc2[nH]cc(CCN(C)C)c2c1. The van der Waals surface area contributed by atoms with E-state index in [1.165, 1.54) is 12.6 Å². The predicted octanol–water partition coefficient (Wildman–Crippen LogP) is 1.48. The van der Waals surface area contributed by atoms with Crippen molar-refractivity contribution in [1.29, 1.82) is 0 Å². The fourth-order valence-corrected chi connectivity index (χ4v) is 2.94. The van der Waals surface area contributed by atoms with Crippen LogP contribution in [0, 0.1) is 0 Å². The van der Waals surface area contributed by atoms with Gasteiger partial charge < -0.3 is 9.88 Å². The van der Waals surface area contributed by atoms with E-state index in [1.807, 2.05) is 38.5 Å². The number of hydrogen-bond acceptors (Lipinski definition) is 2. The highest BCUT2D eigenvalue weighted by molar-refractivity contribution is 7.88. The molecule has 1 atom stereocenters. The Kier molecular flexibility index (Phi) is 4.47. The lowest BCUT2D eigenvalue weighted by atomic mass is 10.1. The zero-order valence-corrected chi connectivity index (χ0v) is 13.0. The van der Waals surface area contributed by atoms with Crippen LogP contribution in [0.2, 0.25) is 0 Å². The lowest BCUT2D eigenvalue weighted by molar-refractivity contribution is 0.414. The van der Waals surface area contributed by atoms with E-state index in [9.17, 15) is 8.42 Å². The third-order valence-electron chi connectivity index (χ3n) is 3.34. The Morgan fingerprint density at radius 2 is 2.15 bits per heavy atom. The first-order valence-corrected chi connectivity index (χ1v) is 8.26. The standard InChI is InChI=1S/C14H21N3O2S/c1-15-20(18,19)10-11-4-5-14-13(8-11)12(9-16-14)6-7-17(2)3/h4-5,8-9,16H,6-7,10H2,1-3H3,(H,15,18,19)/p+1. The second-order valence-electron chi connectivity index (χ2n) is 5.24. The van der Waals surface area contributed by atoms with Gasteiger partial charge >= 0.3 is 10.0 Å². The molecule has 0 aliphatic rings. The first-order valence-electron chi connectivity index (χ1n) is 6.58. The van der Waals surface area contributed by atoms with Crippen LogP contribution in [0.3, 0.4) is 0 Å². The average Bonchev–Trinajstić information content (AvgIpc) is 2.78. The van der Waals surface area contributed by atoms with Gasteiger partial charge in [-0.25, -0.2) is 4.21 Å². The van der Waals surface area contributed by atoms with Crippen molar-refractivity contribution >= 4 is 20.9 Å². The summed E-state index contributed by atoms with van der Waals surface area (Å²) >= 11 is 0. The zero-order chi connectivity index (χ0) is 14.8. The van der Waals surface area contributed by atoms with E-state index in [4.69, 9.17) is 0 Å². The smallest absolute Gasteiger partial charge is 0.346 e. The molecule has 0 saturated carbocycles. The number of aromatic nitrogens is 1. The Morgan fingerprint density at radius 1 is 1.40 bits per heavy atom. The molecule has 0 aliphatic heterocycles. The summed E-state index contributed by atoms with van der Waals surface area (Å²) in [4.78, 5) is 5.39. The maximum Gasteiger partial charge on any atom is 0.346 e. The molecule has 5 nitrogen and oxygen atoms in total. The van der Waals surface area contributed by atoms with Crippen LogP contribution in [0.5, 0.6) is 0 Å². The van der Waals surface area contributed by atoms with Crippen molar-refractivity contribution in [2.75, 3.05) is 27.7 Å². The van der Waals surface area contributed by atoms with Crippen molar-refractivity contribution in [2.24, 2.45) is 0 Å². The first kappa shape index (κ1) is 15.0. The van der Waals surface area contributed by atoms with Gasteiger partial charge in [0, 0.05) is 30.7 Å². The van der Waals surface area contributed by atoms with Crippen LogP contribution in [0.25, 0.3) is 10.9 Å². The second-order valence-corrected chi connectivity index (χ2v) is 7.21. The minimum atomic E-state index is -2.98. The average molecular weight is 296 g/mol. The van der Waals surface area contributed by atoms with Crippen LogP contribution in [-0.2, 0) is 22.2 Å². The van der Waals surface area contributed by atoms with Gasteiger partial charge in [-0.3, -0.25) is 0 Å². The van der Waals surface area contributed by atoms with Crippen LogP contribution in [-0.4, -0.2) is 46.0 Å². The fraction of sp³-hybridized carbons (Fsp3) is 0.429. The molecular formula is C14H22N3O2S+. The summed E-state index contributed by atoms with van der Waals surface area (Å²) in [6, 6.07) is 5.86. The van der Waals surface area contributed by atoms with Gasteiger partial charge in [0.05, 0.1) is 0 Å². The van der Waals surface area contributed by atoms with E-state index in [2.05, 4.69) is 14.6 Å². The number of rotatable bonds is 6. The summed E-state index contributed by atoms with van der Waals surface area (Å²) in [6.07, 6.45) is 2.98. The van der Waals surface area contributed by atoms with Gasteiger partial charge in [-0.15, -0.1) is 0 Å². The molecule has 0 amide bonds. The van der Waals surface area contributed by atoms with Crippen LogP contribution in [0.15, 0.2) is 24.4 Å². The molecule has 0 aliphatic carbocycles. The number of hydrogen-bond donors (Lipinski definition) is 2. The molecule has 0 spiro atoms. The van der Waals surface area contributed by atoms with E-state index in [-0.39, 0.29) is 5.75 Å². The molecule has 0 fully saturated rings. The molecule has 6 heteroatoms. The molecule has 1 unspecified atom stereocenters. The predicted molar refractivity (Wildman–Crippen MR) is 83.4 cm³/mol. The summed E-state index contributed by atoms with van der Waals surface area (Å²) in [5.74, 6) is 0.123. The summed E-state index contributed by atoms with van der Waals surface area (Å²) in [5, 5.41) is 1.13. The van der Waals surface area contributed by atoms with Gasteiger partial charge in [0.2, 0.25) is 0 Å². The minimum absolute atomic E-state index is 0.123. The van der Waals surface area contributed by atoms with E-state index in [1.54, 1.807) is 0 Å². The van der Waals surface area contributed by atoms with Crippen molar-refractivity contribution in [2.45, 2.75) is 12.2 Å². The Labute approximate surface area is 120 Å². The highest BCUT2D eigenvalue weighted by atomic mass is 32.2. The fourth-order valence-electron chi connectivity index (χ4n) is 2.16. The van der Waals surface area contributed by atoms with Crippen molar-refractivity contribution in [1.82, 2.24) is 14.6 Å². The van der Waals surface area contributed by atoms with Crippen molar-refractivity contribution in [3.63, 3.8) is 0 Å². The summed E-state index contributed by atoms with van der Waals surface area (Å²) in [6.45, 7) is 0.977. The van der Waals surface area contributed by atoms with Crippen LogP contribution < -0.4 is 4.72 Å². The molecule has 20 heavy (non-hydrogen) atoms. The molecule has 1 heterocycles. The minimum Gasteiger partial charge on any atom is -0.361 e. The first-order chi connectivity index (χ1) is 9.41. The maximum absolute atomic E-state index is 11.7. The lowest BCUT2D eigenvalue weighted by Crippen LogP contribution is -2.20. The van der Waals surface area contributed by atoms with Gasteiger partial charge in [-0.1, -0.05) is 6.07 Å². The molecule has 3 N–H and O–H groups in total. The third-order valence-corrected chi connectivity index (χ3v) is 4.70. The topological polar surface area (TPSA) is 69.5 Å². The number of nitrogens with one attached hydrogen (secondary N) is 2. The summed E-state index contributed by atoms with van der Waals surface area (Å²) < 4.78 is 23.8. The van der Waals surface area contributed by atoms with Gasteiger partial charge in [0.1, 0.15) is 5.75 Å². The van der Waals surface area contributed by atoms with Gasteiger partial charge in [-0.05, 0) is 43.8 Å². The van der Waals surface area contributed by atoms with Crippen molar-refractivity contribution < 1.29 is 8.42 Å². The van der Waals surface area contributed by atoms with E-state index >= 15 is 0 Å². The quantitative estimate of drug-likeness (QED) is 0.793. The van der Waals surface area contributed by atoms with Gasteiger partial charge in [-0.2, -0.15) is 8.93 Å². The van der Waals surface area contributed by atoms with Crippen LogP contribution >= 0.6 is 0 Å². The molecular weight excluding hydrogens is 274 g/mol. The van der Waals surface area contributed by atoms with Crippen molar-refractivity contribution in [3.8, 4) is 0 Å². The third kappa shape index (κ3) is 3.59. The van der Waals surface area contributed by atoms with Crippen LogP contribution in [0.4, 0.5) is 0 Å². The molecule has 1 aromatic heterocycles. The largest absolute Gasteiger partial charge is 0.361 e. The number of aromatic amines is 1.